The molecule has 4 rings (SSSR count). The van der Waals surface area contributed by atoms with Gasteiger partial charge in [0.25, 0.3) is 0 Å². The zero-order valence-corrected chi connectivity index (χ0v) is 18.7. The van der Waals surface area contributed by atoms with Crippen LogP contribution in [0.25, 0.3) is 11.1 Å². The first-order chi connectivity index (χ1) is 15.6. The molecule has 0 aromatic heterocycles. The van der Waals surface area contributed by atoms with Gasteiger partial charge in [-0.05, 0) is 74.4 Å². The number of benzene rings is 2. The molecule has 1 aliphatic heterocycles. The number of hydrogen-bond acceptors (Lipinski definition) is 4. The minimum Gasteiger partial charge on any atom is -0.486 e. The van der Waals surface area contributed by atoms with Gasteiger partial charge in [-0.2, -0.15) is 0 Å². The average molecular weight is 434 g/mol. The molecular formula is C27H31NO4. The number of fused-ring (bicyclic) bond motifs is 1. The third-order valence-corrected chi connectivity index (χ3v) is 6.32. The van der Waals surface area contributed by atoms with Gasteiger partial charge in [0.15, 0.2) is 5.78 Å². The maximum atomic E-state index is 12.8. The maximum Gasteiger partial charge on any atom is 0.411 e. The Labute approximate surface area is 189 Å². The number of carbonyl (C=O) groups is 2. The van der Waals surface area contributed by atoms with Crippen molar-refractivity contribution in [2.75, 3.05) is 11.9 Å². The topological polar surface area (TPSA) is 64.6 Å². The van der Waals surface area contributed by atoms with E-state index in [0.29, 0.717) is 36.4 Å². The van der Waals surface area contributed by atoms with Gasteiger partial charge in [0, 0.05) is 5.69 Å². The van der Waals surface area contributed by atoms with E-state index >= 15 is 0 Å². The number of ketones is 1. The second-order valence-corrected chi connectivity index (χ2v) is 8.71. The normalized spacial score (nSPS) is 17.5. The monoisotopic (exact) mass is 433 g/mol. The molecule has 0 atom stereocenters. The molecule has 2 aromatic rings. The van der Waals surface area contributed by atoms with Crippen molar-refractivity contribution in [1.29, 1.82) is 0 Å². The van der Waals surface area contributed by atoms with Crippen molar-refractivity contribution in [3.05, 3.63) is 60.2 Å². The van der Waals surface area contributed by atoms with Crippen LogP contribution in [0.15, 0.2) is 54.6 Å². The Kier molecular flexibility index (Phi) is 6.93. The highest BCUT2D eigenvalue weighted by molar-refractivity contribution is 6.01. The summed E-state index contributed by atoms with van der Waals surface area (Å²) in [6.45, 7) is 2.28. The zero-order chi connectivity index (χ0) is 22.4. The van der Waals surface area contributed by atoms with Crippen LogP contribution in [0.1, 0.15) is 68.6 Å². The second kappa shape index (κ2) is 10.0. The van der Waals surface area contributed by atoms with E-state index in [1.807, 2.05) is 61.5 Å². The summed E-state index contributed by atoms with van der Waals surface area (Å²) in [6, 6.07) is 13.4. The molecule has 1 heterocycles. The summed E-state index contributed by atoms with van der Waals surface area (Å²) >= 11 is 0. The van der Waals surface area contributed by atoms with Crippen molar-refractivity contribution in [2.24, 2.45) is 0 Å². The molecule has 1 N–H and O–H groups in total. The van der Waals surface area contributed by atoms with Gasteiger partial charge < -0.3 is 9.47 Å². The van der Waals surface area contributed by atoms with Crippen molar-refractivity contribution in [2.45, 2.75) is 63.9 Å². The average Bonchev–Trinajstić information content (AvgIpc) is 3.02. The molecule has 5 nitrogen and oxygen atoms in total. The molecule has 168 valence electrons. The molecular weight excluding hydrogens is 402 g/mol. The fraction of sp³-hybridized carbons (Fsp3) is 0.407. The van der Waals surface area contributed by atoms with Crippen molar-refractivity contribution in [1.82, 2.24) is 0 Å². The Bertz CT molecular complexity index is 985. The van der Waals surface area contributed by atoms with Crippen molar-refractivity contribution < 1.29 is 19.1 Å². The number of amides is 1. The van der Waals surface area contributed by atoms with Crippen LogP contribution in [0.2, 0.25) is 0 Å². The number of carbonyl (C=O) groups excluding carboxylic acids is 2. The Balaban J connectivity index is 1.46. The summed E-state index contributed by atoms with van der Waals surface area (Å²) in [4.78, 5) is 24.7. The van der Waals surface area contributed by atoms with Crippen molar-refractivity contribution in [3.8, 4) is 16.9 Å². The quantitative estimate of drug-likeness (QED) is 0.410. The Morgan fingerprint density at radius 2 is 1.78 bits per heavy atom. The van der Waals surface area contributed by atoms with Gasteiger partial charge >= 0.3 is 6.09 Å². The van der Waals surface area contributed by atoms with Crippen LogP contribution in [-0.4, -0.2) is 24.1 Å². The Morgan fingerprint density at radius 1 is 1.06 bits per heavy atom. The lowest BCUT2D eigenvalue weighted by atomic mass is 9.84. The van der Waals surface area contributed by atoms with Crippen LogP contribution >= 0.6 is 0 Å². The number of nitrogens with one attached hydrogen (secondary N) is 1. The fourth-order valence-electron chi connectivity index (χ4n) is 4.61. The standard InChI is InChI=1S/C27H31NO4/c1-2-3-8-17-31-26(30)28-22-12-9-20(10-13-22)21-11-14-23-24(29)19-27(32-25(23)18-21)15-6-4-5-7-16-27/h2-3,9-14,18H,4-8,15-17,19H2,1H3,(H,28,30)/b3-2+. The van der Waals surface area contributed by atoms with Gasteiger partial charge in [-0.1, -0.05) is 43.2 Å². The van der Waals surface area contributed by atoms with E-state index in [2.05, 4.69) is 5.32 Å². The molecule has 1 saturated carbocycles. The van der Waals surface area contributed by atoms with E-state index in [0.717, 1.165) is 36.8 Å². The van der Waals surface area contributed by atoms with Gasteiger partial charge in [0.1, 0.15) is 11.4 Å². The molecule has 0 radical (unpaired) electrons. The summed E-state index contributed by atoms with van der Waals surface area (Å²) < 4.78 is 11.7. The highest BCUT2D eigenvalue weighted by atomic mass is 16.5. The highest BCUT2D eigenvalue weighted by Gasteiger charge is 2.40. The third-order valence-electron chi connectivity index (χ3n) is 6.32. The predicted octanol–water partition coefficient (Wildman–Crippen LogP) is 6.93. The lowest BCUT2D eigenvalue weighted by Crippen LogP contribution is -2.41. The number of allylic oxidation sites excluding steroid dienone is 1. The lowest BCUT2D eigenvalue weighted by molar-refractivity contribution is 0.0298. The minimum absolute atomic E-state index is 0.187. The van der Waals surface area contributed by atoms with E-state index in [9.17, 15) is 9.59 Å². The lowest BCUT2D eigenvalue weighted by Gasteiger charge is -2.37. The second-order valence-electron chi connectivity index (χ2n) is 8.71. The number of hydrogen-bond donors (Lipinski definition) is 1. The van der Waals surface area contributed by atoms with Crippen LogP contribution in [0.4, 0.5) is 10.5 Å². The molecule has 2 aliphatic rings. The molecule has 5 heteroatoms. The number of rotatable bonds is 5. The highest BCUT2D eigenvalue weighted by Crippen LogP contribution is 2.42. The molecule has 32 heavy (non-hydrogen) atoms. The molecule has 1 spiro atoms. The van der Waals surface area contributed by atoms with Crippen LogP contribution in [0, 0.1) is 0 Å². The van der Waals surface area contributed by atoms with E-state index in [1.165, 1.54) is 12.8 Å². The minimum atomic E-state index is -0.461. The first-order valence-electron chi connectivity index (χ1n) is 11.6. The summed E-state index contributed by atoms with van der Waals surface area (Å²) in [7, 11) is 0. The first kappa shape index (κ1) is 22.1. The maximum absolute atomic E-state index is 12.8. The van der Waals surface area contributed by atoms with Gasteiger partial charge in [-0.3, -0.25) is 10.1 Å². The molecule has 1 aliphatic carbocycles. The van der Waals surface area contributed by atoms with E-state index in [1.54, 1.807) is 0 Å². The van der Waals surface area contributed by atoms with Crippen LogP contribution in [-0.2, 0) is 4.74 Å². The molecule has 1 fully saturated rings. The molecule has 0 saturated heterocycles. The van der Waals surface area contributed by atoms with E-state index in [4.69, 9.17) is 9.47 Å². The number of Topliss-reactive ketones (excluding diaryl/α,β-unsaturated/α-hetero) is 1. The largest absolute Gasteiger partial charge is 0.486 e. The number of ether oxygens (including phenoxy) is 2. The summed E-state index contributed by atoms with van der Waals surface area (Å²) in [5.41, 5.74) is 3.01. The summed E-state index contributed by atoms with van der Waals surface area (Å²) in [5.74, 6) is 0.889. The van der Waals surface area contributed by atoms with Gasteiger partial charge in [-0.15, -0.1) is 0 Å². The molecule has 0 unspecified atom stereocenters. The molecule has 1 amide bonds. The van der Waals surface area contributed by atoms with E-state index < -0.39 is 6.09 Å². The fourth-order valence-corrected chi connectivity index (χ4v) is 4.61. The van der Waals surface area contributed by atoms with Gasteiger partial charge in [0.2, 0.25) is 0 Å². The van der Waals surface area contributed by atoms with Gasteiger partial charge in [-0.25, -0.2) is 4.79 Å². The Morgan fingerprint density at radius 3 is 2.50 bits per heavy atom. The SMILES string of the molecule is C/C=C/CCOC(=O)Nc1ccc(-c2ccc3c(c2)OC2(CCCCCC2)CC3=O)cc1. The predicted molar refractivity (Wildman–Crippen MR) is 126 cm³/mol. The van der Waals surface area contributed by atoms with Crippen molar-refractivity contribution in [3.63, 3.8) is 0 Å². The van der Waals surface area contributed by atoms with Crippen molar-refractivity contribution >= 4 is 17.6 Å². The summed E-state index contributed by atoms with van der Waals surface area (Å²) in [5, 5.41) is 2.74. The number of anilines is 1. The van der Waals surface area contributed by atoms with Crippen LogP contribution in [0.5, 0.6) is 5.75 Å². The van der Waals surface area contributed by atoms with Crippen LogP contribution < -0.4 is 10.1 Å². The summed E-state index contributed by atoms with van der Waals surface area (Å²) in [6.07, 6.45) is 11.2. The smallest absolute Gasteiger partial charge is 0.411 e. The van der Waals surface area contributed by atoms with E-state index in [-0.39, 0.29) is 11.4 Å². The zero-order valence-electron chi connectivity index (χ0n) is 18.7. The molecule has 2 aromatic carbocycles. The first-order valence-corrected chi connectivity index (χ1v) is 11.6. The molecule has 0 bridgehead atoms. The Hall–Kier alpha value is -3.08. The third kappa shape index (κ3) is 5.21. The van der Waals surface area contributed by atoms with Gasteiger partial charge in [0.05, 0.1) is 18.6 Å². The van der Waals surface area contributed by atoms with Crippen LogP contribution in [0.3, 0.4) is 0 Å².